The zero-order chi connectivity index (χ0) is 24.9. The molecule has 0 saturated carbocycles. The van der Waals surface area contributed by atoms with Gasteiger partial charge in [-0.3, -0.25) is 9.69 Å². The Morgan fingerprint density at radius 2 is 1.94 bits per heavy atom. The number of carboxylic acid groups (broad SMARTS) is 1. The van der Waals surface area contributed by atoms with Crippen LogP contribution in [0, 0.1) is 5.82 Å². The van der Waals surface area contributed by atoms with Crippen molar-refractivity contribution >= 4 is 52.2 Å². The van der Waals surface area contributed by atoms with Crippen molar-refractivity contribution in [3.05, 3.63) is 99.2 Å². The first-order chi connectivity index (χ1) is 16.8. The first kappa shape index (κ1) is 24.5. The summed E-state index contributed by atoms with van der Waals surface area (Å²) in [6, 6.07) is 17.5. The van der Waals surface area contributed by atoms with E-state index in [1.165, 1.54) is 40.9 Å². The number of rotatable bonds is 7. The van der Waals surface area contributed by atoms with Crippen LogP contribution in [0.1, 0.15) is 28.4 Å². The van der Waals surface area contributed by atoms with Crippen molar-refractivity contribution in [3.63, 3.8) is 0 Å². The van der Waals surface area contributed by atoms with Gasteiger partial charge in [0.2, 0.25) is 0 Å². The lowest BCUT2D eigenvalue weighted by atomic mass is 10.2. The van der Waals surface area contributed by atoms with Gasteiger partial charge in [0.1, 0.15) is 18.2 Å². The summed E-state index contributed by atoms with van der Waals surface area (Å²) in [6.07, 6.45) is 1.72. The monoisotopic (exact) mass is 510 g/mol. The molecule has 1 heterocycles. The predicted octanol–water partition coefficient (Wildman–Crippen LogP) is 6.38. The van der Waals surface area contributed by atoms with Gasteiger partial charge >= 0.3 is 5.97 Å². The summed E-state index contributed by atoms with van der Waals surface area (Å²) < 4.78 is 18.8. The van der Waals surface area contributed by atoms with E-state index in [9.17, 15) is 19.1 Å². The maximum absolute atomic E-state index is 13.1. The maximum atomic E-state index is 13.1. The molecule has 0 bridgehead atoms. The molecular formula is C26H20ClFN2O4S. The topological polar surface area (TPSA) is 79.2 Å². The molecule has 35 heavy (non-hydrogen) atoms. The fourth-order valence-corrected chi connectivity index (χ4v) is 4.61. The molecule has 1 aliphatic rings. The molecule has 1 fully saturated rings. The van der Waals surface area contributed by atoms with Gasteiger partial charge in [0.05, 0.1) is 21.2 Å². The number of likely N-dealkylation sites (N-methyl/N-ethyl adjacent to an activating group) is 1. The minimum absolute atomic E-state index is 0.122. The van der Waals surface area contributed by atoms with E-state index < -0.39 is 5.97 Å². The van der Waals surface area contributed by atoms with Gasteiger partial charge in [0.25, 0.3) is 5.91 Å². The first-order valence-corrected chi connectivity index (χ1v) is 11.8. The molecule has 3 aromatic rings. The molecular weight excluding hydrogens is 491 g/mol. The van der Waals surface area contributed by atoms with Crippen LogP contribution in [-0.2, 0) is 11.4 Å². The van der Waals surface area contributed by atoms with Crippen molar-refractivity contribution in [3.8, 4) is 5.75 Å². The van der Waals surface area contributed by atoms with E-state index in [1.54, 1.807) is 48.5 Å². The van der Waals surface area contributed by atoms with Gasteiger partial charge in [-0.15, -0.1) is 0 Å². The molecule has 0 unspecified atom stereocenters. The number of aliphatic imine (C=N–C) groups is 1. The largest absolute Gasteiger partial charge is 0.487 e. The second kappa shape index (κ2) is 10.8. The molecule has 0 aromatic heterocycles. The summed E-state index contributed by atoms with van der Waals surface area (Å²) in [5.41, 5.74) is 2.09. The third kappa shape index (κ3) is 5.90. The Bertz CT molecular complexity index is 1340. The Kier molecular flexibility index (Phi) is 7.53. The summed E-state index contributed by atoms with van der Waals surface area (Å²) in [5, 5.41) is 10.0. The summed E-state index contributed by atoms with van der Waals surface area (Å²) >= 11 is 7.60. The van der Waals surface area contributed by atoms with Gasteiger partial charge in [-0.05, 0) is 78.4 Å². The van der Waals surface area contributed by atoms with Crippen molar-refractivity contribution in [2.45, 2.75) is 13.5 Å². The molecule has 0 aliphatic carbocycles. The minimum atomic E-state index is -1.04. The predicted molar refractivity (Wildman–Crippen MR) is 136 cm³/mol. The van der Waals surface area contributed by atoms with Gasteiger partial charge in [0.15, 0.2) is 5.17 Å². The van der Waals surface area contributed by atoms with E-state index in [-0.39, 0.29) is 23.9 Å². The van der Waals surface area contributed by atoms with Gasteiger partial charge in [-0.2, -0.15) is 0 Å². The summed E-state index contributed by atoms with van der Waals surface area (Å²) in [6.45, 7) is 2.50. The van der Waals surface area contributed by atoms with E-state index in [1.807, 2.05) is 6.92 Å². The lowest BCUT2D eigenvalue weighted by Gasteiger charge is -2.12. The van der Waals surface area contributed by atoms with Crippen molar-refractivity contribution < 1.29 is 23.8 Å². The highest BCUT2D eigenvalue weighted by Crippen LogP contribution is 2.35. The number of carboxylic acids is 1. The second-order valence-electron chi connectivity index (χ2n) is 7.51. The number of hydrogen-bond acceptors (Lipinski definition) is 5. The van der Waals surface area contributed by atoms with Crippen LogP contribution >= 0.6 is 23.4 Å². The highest BCUT2D eigenvalue weighted by atomic mass is 35.5. The fourth-order valence-electron chi connectivity index (χ4n) is 3.31. The van der Waals surface area contributed by atoms with E-state index in [0.29, 0.717) is 38.6 Å². The molecule has 0 spiro atoms. The molecule has 0 radical (unpaired) electrons. The number of aromatic carboxylic acids is 1. The van der Waals surface area contributed by atoms with Crippen LogP contribution in [0.5, 0.6) is 5.75 Å². The Labute approximate surface area is 210 Å². The van der Waals surface area contributed by atoms with Crippen molar-refractivity contribution in [2.24, 2.45) is 4.99 Å². The lowest BCUT2D eigenvalue weighted by molar-refractivity contribution is -0.122. The van der Waals surface area contributed by atoms with Gasteiger partial charge in [-0.1, -0.05) is 35.9 Å². The average Bonchev–Trinajstić information content (AvgIpc) is 3.13. The van der Waals surface area contributed by atoms with Crippen LogP contribution in [-0.4, -0.2) is 33.6 Å². The number of carbonyl (C=O) groups excluding carboxylic acids is 1. The van der Waals surface area contributed by atoms with Crippen LogP contribution in [0.25, 0.3) is 6.08 Å². The molecule has 1 saturated heterocycles. The van der Waals surface area contributed by atoms with Crippen molar-refractivity contribution in [1.29, 1.82) is 0 Å². The van der Waals surface area contributed by atoms with Crippen LogP contribution in [0.15, 0.2) is 76.6 Å². The van der Waals surface area contributed by atoms with Crippen molar-refractivity contribution in [1.82, 2.24) is 4.90 Å². The smallest absolute Gasteiger partial charge is 0.335 e. The SMILES string of the molecule is CCN1C(=O)/C(=C/c2ccc(OCc3ccc(F)cc3)c(Cl)c2)SC1=Nc1cccc(C(=O)O)c1. The third-order valence-electron chi connectivity index (χ3n) is 5.08. The average molecular weight is 511 g/mol. The summed E-state index contributed by atoms with van der Waals surface area (Å²) in [4.78, 5) is 30.7. The molecule has 1 aliphatic heterocycles. The Hall–Kier alpha value is -3.62. The Morgan fingerprint density at radius 1 is 1.17 bits per heavy atom. The molecule has 1 N–H and O–H groups in total. The number of nitrogens with zero attached hydrogens (tertiary/aromatic N) is 2. The molecule has 3 aromatic carbocycles. The van der Waals surface area contributed by atoms with E-state index in [4.69, 9.17) is 16.3 Å². The standard InChI is InChI=1S/C26H20ClFN2O4S/c1-2-30-24(31)23(35-26(30)29-20-5-3-4-18(14-20)25(32)33)13-17-8-11-22(21(27)12-17)34-15-16-6-9-19(28)10-7-16/h3-14H,2,15H2,1H3,(H,32,33)/b23-13-,29-26?. The maximum Gasteiger partial charge on any atom is 0.335 e. The number of amidine groups is 1. The molecule has 0 atom stereocenters. The molecule has 9 heteroatoms. The van der Waals surface area contributed by atoms with Crippen molar-refractivity contribution in [2.75, 3.05) is 6.54 Å². The normalized spacial score (nSPS) is 15.7. The van der Waals surface area contributed by atoms with E-state index >= 15 is 0 Å². The number of hydrogen-bond donors (Lipinski definition) is 1. The quantitative estimate of drug-likeness (QED) is 0.373. The van der Waals surface area contributed by atoms with Crippen LogP contribution in [0.4, 0.5) is 10.1 Å². The second-order valence-corrected chi connectivity index (χ2v) is 8.93. The van der Waals surface area contributed by atoms with E-state index in [0.717, 1.165) is 5.56 Å². The van der Waals surface area contributed by atoms with Crippen LogP contribution in [0.2, 0.25) is 5.02 Å². The number of ether oxygens (including phenoxy) is 1. The number of benzene rings is 3. The first-order valence-electron chi connectivity index (χ1n) is 10.6. The minimum Gasteiger partial charge on any atom is -0.487 e. The van der Waals surface area contributed by atoms with Gasteiger partial charge in [0, 0.05) is 6.54 Å². The van der Waals surface area contributed by atoms with E-state index in [2.05, 4.69) is 4.99 Å². The molecule has 178 valence electrons. The highest BCUT2D eigenvalue weighted by molar-refractivity contribution is 8.18. The summed E-state index contributed by atoms with van der Waals surface area (Å²) in [7, 11) is 0. The Balaban J connectivity index is 1.52. The third-order valence-corrected chi connectivity index (χ3v) is 6.39. The molecule has 1 amide bonds. The highest BCUT2D eigenvalue weighted by Gasteiger charge is 2.32. The van der Waals surface area contributed by atoms with Gasteiger partial charge in [-0.25, -0.2) is 14.2 Å². The van der Waals surface area contributed by atoms with Crippen LogP contribution < -0.4 is 4.74 Å². The Morgan fingerprint density at radius 3 is 2.63 bits per heavy atom. The lowest BCUT2D eigenvalue weighted by Crippen LogP contribution is -2.28. The number of carbonyl (C=O) groups is 2. The zero-order valence-corrected chi connectivity index (χ0v) is 20.1. The van der Waals surface area contributed by atoms with Crippen LogP contribution in [0.3, 0.4) is 0 Å². The fraction of sp³-hybridized carbons (Fsp3) is 0.115. The van der Waals surface area contributed by atoms with Gasteiger partial charge < -0.3 is 9.84 Å². The number of thioether (sulfide) groups is 1. The zero-order valence-electron chi connectivity index (χ0n) is 18.6. The number of amides is 1. The number of halogens is 2. The summed E-state index contributed by atoms with van der Waals surface area (Å²) in [5.74, 6) is -1.08. The molecule has 4 rings (SSSR count). The molecule has 6 nitrogen and oxygen atoms in total.